The van der Waals surface area contributed by atoms with Crippen molar-refractivity contribution in [2.75, 3.05) is 12.3 Å². The molecule has 0 unspecified atom stereocenters. The number of hydrogen-bond acceptors (Lipinski definition) is 5. The Morgan fingerprint density at radius 3 is 2.50 bits per heavy atom. The second-order valence-electron chi connectivity index (χ2n) is 7.36. The Bertz CT molecular complexity index is 1260. The Morgan fingerprint density at radius 2 is 1.83 bits per heavy atom. The molecule has 1 amide bonds. The van der Waals surface area contributed by atoms with Crippen molar-refractivity contribution in [1.82, 2.24) is 20.0 Å². The van der Waals surface area contributed by atoms with Crippen molar-refractivity contribution in [3.8, 4) is 0 Å². The van der Waals surface area contributed by atoms with E-state index in [-0.39, 0.29) is 29.0 Å². The van der Waals surface area contributed by atoms with E-state index in [2.05, 4.69) is 20.4 Å². The van der Waals surface area contributed by atoms with E-state index in [1.807, 2.05) is 38.1 Å². The molecule has 0 radical (unpaired) electrons. The molecule has 8 heteroatoms. The molecule has 152 valence electrons. The summed E-state index contributed by atoms with van der Waals surface area (Å²) in [6.07, 6.45) is 1.53. The quantitative estimate of drug-likeness (QED) is 0.497. The van der Waals surface area contributed by atoms with Gasteiger partial charge in [0.1, 0.15) is 22.7 Å². The maximum absolute atomic E-state index is 13.2. The summed E-state index contributed by atoms with van der Waals surface area (Å²) in [6.45, 7) is 4.52. The fraction of sp³-hybridized carbons (Fsp3) is 0.182. The largest absolute Gasteiger partial charge is 0.383 e. The minimum absolute atomic E-state index is 0.139. The van der Waals surface area contributed by atoms with Crippen LogP contribution in [-0.2, 0) is 0 Å². The average Bonchev–Trinajstić information content (AvgIpc) is 3.00. The van der Waals surface area contributed by atoms with E-state index in [1.54, 1.807) is 12.1 Å². The SMILES string of the molecule is CC(C)CNC(=O)c1c(N)n(/N=C\c2ccc(F)cc2)c2nc3ccccc3nc12. The first kappa shape index (κ1) is 19.5. The first-order valence-electron chi connectivity index (χ1n) is 9.59. The predicted octanol–water partition coefficient (Wildman–Crippen LogP) is 3.57. The highest BCUT2D eigenvalue weighted by molar-refractivity contribution is 6.10. The zero-order valence-corrected chi connectivity index (χ0v) is 16.6. The molecule has 0 fully saturated rings. The van der Waals surface area contributed by atoms with Gasteiger partial charge in [0.15, 0.2) is 5.65 Å². The van der Waals surface area contributed by atoms with Crippen LogP contribution in [0.1, 0.15) is 29.8 Å². The van der Waals surface area contributed by atoms with Gasteiger partial charge in [-0.05, 0) is 35.7 Å². The number of amides is 1. The smallest absolute Gasteiger partial charge is 0.257 e. The van der Waals surface area contributed by atoms with E-state index in [0.29, 0.717) is 34.3 Å². The van der Waals surface area contributed by atoms with E-state index in [4.69, 9.17) is 5.73 Å². The van der Waals surface area contributed by atoms with Gasteiger partial charge < -0.3 is 11.1 Å². The number of carbonyl (C=O) groups excluding carboxylic acids is 1. The van der Waals surface area contributed by atoms with Gasteiger partial charge in [0.25, 0.3) is 5.91 Å². The number of anilines is 1. The minimum Gasteiger partial charge on any atom is -0.383 e. The Hall–Kier alpha value is -3.81. The Morgan fingerprint density at radius 1 is 1.17 bits per heavy atom. The Balaban J connectivity index is 1.87. The summed E-state index contributed by atoms with van der Waals surface area (Å²) in [5.74, 6) is -0.238. The van der Waals surface area contributed by atoms with Gasteiger partial charge in [-0.3, -0.25) is 4.79 Å². The Kier molecular flexibility index (Phi) is 5.14. The number of aromatic nitrogens is 3. The number of carbonyl (C=O) groups is 1. The molecular formula is C22H21FN6O. The number of fused-ring (bicyclic) bond motifs is 2. The summed E-state index contributed by atoms with van der Waals surface area (Å²) in [7, 11) is 0. The van der Waals surface area contributed by atoms with Crippen molar-refractivity contribution in [1.29, 1.82) is 0 Å². The number of benzene rings is 2. The molecular weight excluding hydrogens is 383 g/mol. The maximum Gasteiger partial charge on any atom is 0.257 e. The fourth-order valence-electron chi connectivity index (χ4n) is 3.05. The molecule has 4 rings (SSSR count). The molecule has 0 atom stereocenters. The lowest BCUT2D eigenvalue weighted by Gasteiger charge is -2.07. The van der Waals surface area contributed by atoms with Crippen LogP contribution in [-0.4, -0.2) is 33.3 Å². The molecule has 2 aromatic carbocycles. The van der Waals surface area contributed by atoms with Gasteiger partial charge in [0.05, 0.1) is 17.2 Å². The van der Waals surface area contributed by atoms with Gasteiger partial charge in [0, 0.05) is 6.54 Å². The van der Waals surface area contributed by atoms with Gasteiger partial charge in [-0.2, -0.15) is 9.78 Å². The highest BCUT2D eigenvalue weighted by Gasteiger charge is 2.24. The molecule has 0 aliphatic heterocycles. The number of nitrogen functional groups attached to an aromatic ring is 1. The standard InChI is InChI=1S/C22H21FN6O/c1-13(2)11-25-22(30)18-19-21(28-17-6-4-3-5-16(17)27-19)29(20(18)24)26-12-14-7-9-15(23)10-8-14/h3-10,12-13H,11,24H2,1-2H3,(H,25,30)/b26-12-. The lowest BCUT2D eigenvalue weighted by Crippen LogP contribution is -2.28. The first-order valence-corrected chi connectivity index (χ1v) is 9.59. The minimum atomic E-state index is -0.334. The van der Waals surface area contributed by atoms with Crippen LogP contribution in [0.4, 0.5) is 10.2 Å². The number of nitrogens with two attached hydrogens (primary N) is 1. The molecule has 0 aliphatic carbocycles. The highest BCUT2D eigenvalue weighted by Crippen LogP contribution is 2.27. The number of para-hydroxylation sites is 2. The van der Waals surface area contributed by atoms with E-state index in [0.717, 1.165) is 0 Å². The van der Waals surface area contributed by atoms with Crippen molar-refractivity contribution in [2.45, 2.75) is 13.8 Å². The Labute approximate surface area is 172 Å². The van der Waals surface area contributed by atoms with Crippen LogP contribution in [0.25, 0.3) is 22.2 Å². The van der Waals surface area contributed by atoms with E-state index >= 15 is 0 Å². The fourth-order valence-corrected chi connectivity index (χ4v) is 3.05. The van der Waals surface area contributed by atoms with Crippen molar-refractivity contribution >= 4 is 40.1 Å². The highest BCUT2D eigenvalue weighted by atomic mass is 19.1. The molecule has 7 nitrogen and oxygen atoms in total. The van der Waals surface area contributed by atoms with E-state index in [9.17, 15) is 9.18 Å². The third-order valence-electron chi connectivity index (χ3n) is 4.56. The van der Waals surface area contributed by atoms with Crippen molar-refractivity contribution < 1.29 is 9.18 Å². The molecule has 3 N–H and O–H groups in total. The zero-order valence-electron chi connectivity index (χ0n) is 16.6. The van der Waals surface area contributed by atoms with E-state index in [1.165, 1.54) is 23.0 Å². The van der Waals surface area contributed by atoms with Crippen molar-refractivity contribution in [3.63, 3.8) is 0 Å². The predicted molar refractivity (Wildman–Crippen MR) is 116 cm³/mol. The maximum atomic E-state index is 13.2. The average molecular weight is 404 g/mol. The molecule has 2 aromatic heterocycles. The third kappa shape index (κ3) is 3.71. The summed E-state index contributed by atoms with van der Waals surface area (Å²) in [5.41, 5.74) is 9.31. The van der Waals surface area contributed by atoms with Crippen LogP contribution in [0.3, 0.4) is 0 Å². The number of halogens is 1. The van der Waals surface area contributed by atoms with Gasteiger partial charge >= 0.3 is 0 Å². The van der Waals surface area contributed by atoms with Gasteiger partial charge in [-0.25, -0.2) is 14.4 Å². The number of rotatable bonds is 5. The van der Waals surface area contributed by atoms with Crippen molar-refractivity contribution in [3.05, 3.63) is 65.5 Å². The second-order valence-corrected chi connectivity index (χ2v) is 7.36. The molecule has 0 bridgehead atoms. The summed E-state index contributed by atoms with van der Waals surface area (Å²) >= 11 is 0. The molecule has 30 heavy (non-hydrogen) atoms. The third-order valence-corrected chi connectivity index (χ3v) is 4.56. The molecule has 0 aliphatic rings. The zero-order chi connectivity index (χ0) is 21.3. The van der Waals surface area contributed by atoms with E-state index < -0.39 is 0 Å². The summed E-state index contributed by atoms with van der Waals surface area (Å²) in [5, 5.41) is 7.28. The molecule has 4 aromatic rings. The molecule has 0 spiro atoms. The monoisotopic (exact) mass is 404 g/mol. The summed E-state index contributed by atoms with van der Waals surface area (Å²) < 4.78 is 14.6. The molecule has 0 saturated carbocycles. The normalized spacial score (nSPS) is 11.7. The topological polar surface area (TPSA) is 98.2 Å². The van der Waals surface area contributed by atoms with Crippen LogP contribution in [0.5, 0.6) is 0 Å². The van der Waals surface area contributed by atoms with Crippen LogP contribution >= 0.6 is 0 Å². The summed E-state index contributed by atoms with van der Waals surface area (Å²) in [4.78, 5) is 22.1. The number of nitrogens with one attached hydrogen (secondary N) is 1. The van der Waals surface area contributed by atoms with Gasteiger partial charge in [-0.15, -0.1) is 0 Å². The number of nitrogens with zero attached hydrogens (tertiary/aromatic N) is 4. The first-order chi connectivity index (χ1) is 14.4. The van der Waals surface area contributed by atoms with Crippen molar-refractivity contribution in [2.24, 2.45) is 11.0 Å². The lowest BCUT2D eigenvalue weighted by molar-refractivity contribution is 0.0951. The molecule has 2 heterocycles. The lowest BCUT2D eigenvalue weighted by atomic mass is 10.2. The van der Waals surface area contributed by atoms with Gasteiger partial charge in [-0.1, -0.05) is 38.1 Å². The van der Waals surface area contributed by atoms with Gasteiger partial charge in [0.2, 0.25) is 0 Å². The molecule has 0 saturated heterocycles. The van der Waals surface area contributed by atoms with Crippen LogP contribution in [0.2, 0.25) is 0 Å². The number of hydrogen-bond donors (Lipinski definition) is 2. The van der Waals surface area contributed by atoms with Crippen LogP contribution < -0.4 is 11.1 Å². The van der Waals surface area contributed by atoms with Crippen LogP contribution in [0, 0.1) is 11.7 Å². The van der Waals surface area contributed by atoms with Crippen LogP contribution in [0.15, 0.2) is 53.6 Å². The summed E-state index contributed by atoms with van der Waals surface area (Å²) in [6, 6.07) is 13.2. The second kappa shape index (κ2) is 7.90.